The molecule has 0 atom stereocenters. The summed E-state index contributed by atoms with van der Waals surface area (Å²) < 4.78 is 12.6. The van der Waals surface area contributed by atoms with Crippen LogP contribution in [0.15, 0.2) is 60.9 Å². The van der Waals surface area contributed by atoms with Crippen molar-refractivity contribution in [3.63, 3.8) is 0 Å². The van der Waals surface area contributed by atoms with Crippen LogP contribution < -0.4 is 10.1 Å². The van der Waals surface area contributed by atoms with Gasteiger partial charge in [0, 0.05) is 17.4 Å². The van der Waals surface area contributed by atoms with Crippen molar-refractivity contribution in [2.45, 2.75) is 20.5 Å². The first-order valence-electron chi connectivity index (χ1n) is 10.3. The van der Waals surface area contributed by atoms with Crippen LogP contribution >= 0.6 is 0 Å². The largest absolute Gasteiger partial charge is 0.462 e. The van der Waals surface area contributed by atoms with Gasteiger partial charge in [0.05, 0.1) is 42.8 Å². The van der Waals surface area contributed by atoms with Crippen LogP contribution in [0.2, 0.25) is 0 Å². The summed E-state index contributed by atoms with van der Waals surface area (Å²) in [5, 5.41) is 17.4. The second kappa shape index (κ2) is 9.42. The Morgan fingerprint density at radius 3 is 2.73 bits per heavy atom. The topological polar surface area (TPSA) is 89.5 Å². The lowest BCUT2D eigenvalue weighted by Gasteiger charge is -2.15. The summed E-state index contributed by atoms with van der Waals surface area (Å²) >= 11 is 0. The molecule has 8 nitrogen and oxygen atoms in total. The highest BCUT2D eigenvalue weighted by Gasteiger charge is 2.20. The van der Waals surface area contributed by atoms with Crippen molar-refractivity contribution in [3.8, 4) is 11.5 Å². The maximum absolute atomic E-state index is 12.3. The predicted octanol–water partition coefficient (Wildman–Crippen LogP) is 5.40. The van der Waals surface area contributed by atoms with Crippen LogP contribution in [0.1, 0.15) is 28.4 Å². The molecule has 8 heteroatoms. The highest BCUT2D eigenvalue weighted by molar-refractivity contribution is 5.98. The fraction of sp³-hybridized carbons (Fsp3) is 0.160. The average molecular weight is 442 g/mol. The van der Waals surface area contributed by atoms with Gasteiger partial charge in [0.15, 0.2) is 0 Å². The van der Waals surface area contributed by atoms with Crippen LogP contribution in [0.5, 0.6) is 11.5 Å². The molecule has 0 saturated heterocycles. The minimum Gasteiger partial charge on any atom is -0.462 e. The van der Waals surface area contributed by atoms with E-state index in [4.69, 9.17) is 16.0 Å². The number of rotatable bonds is 7. The SMILES string of the molecule is [C-]#[N+]c1cnn2cc(C(=O)OCC)c(C)c2c1Nc1ccc(Oc2ccccc2)c(CO)c1. The van der Waals surface area contributed by atoms with Gasteiger partial charge in [-0.15, -0.1) is 0 Å². The number of hydrogen-bond donors (Lipinski definition) is 2. The summed E-state index contributed by atoms with van der Waals surface area (Å²) in [5.41, 5.74) is 3.68. The number of carbonyl (C=O) groups is 1. The number of nitrogens with one attached hydrogen (secondary N) is 1. The van der Waals surface area contributed by atoms with Crippen molar-refractivity contribution < 1.29 is 19.4 Å². The smallest absolute Gasteiger partial charge is 0.340 e. The minimum atomic E-state index is -0.444. The zero-order valence-corrected chi connectivity index (χ0v) is 18.2. The van der Waals surface area contributed by atoms with Crippen LogP contribution in [0.25, 0.3) is 10.4 Å². The molecule has 0 spiro atoms. The molecule has 2 aromatic carbocycles. The van der Waals surface area contributed by atoms with E-state index in [0.717, 1.165) is 0 Å². The van der Waals surface area contributed by atoms with Gasteiger partial charge in [0.25, 0.3) is 0 Å². The molecule has 4 rings (SSSR count). The van der Waals surface area contributed by atoms with Gasteiger partial charge in [-0.2, -0.15) is 5.10 Å². The van der Waals surface area contributed by atoms with Crippen LogP contribution in [0.4, 0.5) is 17.1 Å². The lowest BCUT2D eigenvalue weighted by atomic mass is 10.1. The van der Waals surface area contributed by atoms with Crippen LogP contribution in [-0.4, -0.2) is 27.3 Å². The zero-order chi connectivity index (χ0) is 23.4. The summed E-state index contributed by atoms with van der Waals surface area (Å²) in [7, 11) is 0. The van der Waals surface area contributed by atoms with Gasteiger partial charge < -0.3 is 19.9 Å². The van der Waals surface area contributed by atoms with Gasteiger partial charge in [-0.05, 0) is 49.7 Å². The third-order valence-electron chi connectivity index (χ3n) is 5.12. The molecule has 0 unspecified atom stereocenters. The predicted molar refractivity (Wildman–Crippen MR) is 124 cm³/mol. The Morgan fingerprint density at radius 1 is 1.24 bits per heavy atom. The second-order valence-electron chi connectivity index (χ2n) is 7.22. The molecule has 0 saturated carbocycles. The number of esters is 1. The number of anilines is 2. The maximum atomic E-state index is 12.3. The quantitative estimate of drug-likeness (QED) is 0.294. The van der Waals surface area contributed by atoms with E-state index in [2.05, 4.69) is 15.3 Å². The van der Waals surface area contributed by atoms with Crippen molar-refractivity contribution >= 4 is 28.5 Å². The fourth-order valence-electron chi connectivity index (χ4n) is 3.54. The molecule has 0 radical (unpaired) electrons. The highest BCUT2D eigenvalue weighted by Crippen LogP contribution is 2.36. The number of aryl methyl sites for hydroxylation is 1. The van der Waals surface area contributed by atoms with Crippen molar-refractivity contribution in [1.82, 2.24) is 9.61 Å². The van der Waals surface area contributed by atoms with Crippen LogP contribution in [0.3, 0.4) is 0 Å². The first-order valence-corrected chi connectivity index (χ1v) is 10.3. The average Bonchev–Trinajstić information content (AvgIpc) is 3.18. The molecule has 33 heavy (non-hydrogen) atoms. The molecule has 2 heterocycles. The number of fused-ring (bicyclic) bond motifs is 1. The molecule has 2 N–H and O–H groups in total. The van der Waals surface area contributed by atoms with E-state index < -0.39 is 5.97 Å². The summed E-state index contributed by atoms with van der Waals surface area (Å²) in [6, 6.07) is 14.6. The van der Waals surface area contributed by atoms with Gasteiger partial charge in [-0.25, -0.2) is 14.2 Å². The summed E-state index contributed by atoms with van der Waals surface area (Å²) in [6.07, 6.45) is 3.04. The number of ether oxygens (including phenoxy) is 2. The lowest BCUT2D eigenvalue weighted by Crippen LogP contribution is -2.04. The lowest BCUT2D eigenvalue weighted by molar-refractivity contribution is 0.0525. The van der Waals surface area contributed by atoms with E-state index in [9.17, 15) is 9.90 Å². The van der Waals surface area contributed by atoms with Crippen molar-refractivity contribution in [2.75, 3.05) is 11.9 Å². The van der Waals surface area contributed by atoms with E-state index in [1.54, 1.807) is 42.8 Å². The number of aliphatic hydroxyl groups is 1. The normalized spacial score (nSPS) is 10.6. The molecule has 0 fully saturated rings. The maximum Gasteiger partial charge on any atom is 0.340 e. The fourth-order valence-corrected chi connectivity index (χ4v) is 3.54. The van der Waals surface area contributed by atoms with Gasteiger partial charge in [0.2, 0.25) is 5.69 Å². The van der Waals surface area contributed by atoms with Crippen molar-refractivity contribution in [2.24, 2.45) is 0 Å². The standard InChI is InChI=1S/C25H22N4O4/c1-4-32-25(31)20-14-29-24(16(20)2)23(21(26-3)13-27-29)28-18-10-11-22(17(12-18)15-30)33-19-8-6-5-7-9-19/h5-14,28,30H,4,15H2,1-2H3. The first-order chi connectivity index (χ1) is 16.0. The van der Waals surface area contributed by atoms with E-state index in [-0.39, 0.29) is 13.2 Å². The molecule has 0 bridgehead atoms. The Morgan fingerprint density at radius 2 is 2.03 bits per heavy atom. The molecule has 0 amide bonds. The number of aromatic nitrogens is 2. The molecule has 0 aliphatic rings. The summed E-state index contributed by atoms with van der Waals surface area (Å²) in [5.74, 6) is 0.748. The molecule has 4 aromatic rings. The number of carbonyl (C=O) groups excluding carboxylic acids is 1. The van der Waals surface area contributed by atoms with Gasteiger partial charge in [-0.3, -0.25) is 0 Å². The zero-order valence-electron chi connectivity index (χ0n) is 18.2. The third kappa shape index (κ3) is 4.35. The van der Waals surface area contributed by atoms with E-state index in [1.165, 1.54) is 6.20 Å². The number of hydrogen-bond acceptors (Lipinski definition) is 6. The molecule has 2 aromatic heterocycles. The number of para-hydroxylation sites is 1. The monoisotopic (exact) mass is 442 g/mol. The Balaban J connectivity index is 1.73. The van der Waals surface area contributed by atoms with Crippen LogP contribution in [-0.2, 0) is 11.3 Å². The second-order valence-corrected chi connectivity index (χ2v) is 7.22. The van der Waals surface area contributed by atoms with E-state index in [0.29, 0.717) is 50.8 Å². The Hall–Kier alpha value is -4.35. The van der Waals surface area contributed by atoms with Gasteiger partial charge >= 0.3 is 5.97 Å². The number of aliphatic hydroxyl groups excluding tert-OH is 1. The first kappa shape index (κ1) is 21.9. The third-order valence-corrected chi connectivity index (χ3v) is 5.12. The van der Waals surface area contributed by atoms with E-state index in [1.807, 2.05) is 30.3 Å². The Labute approximate surface area is 190 Å². The Bertz CT molecular complexity index is 1360. The number of nitrogens with zero attached hydrogens (tertiary/aromatic N) is 3. The van der Waals surface area contributed by atoms with Crippen LogP contribution in [0, 0.1) is 13.5 Å². The minimum absolute atomic E-state index is 0.226. The summed E-state index contributed by atoms with van der Waals surface area (Å²) in [6.45, 7) is 11.1. The van der Waals surface area contributed by atoms with E-state index >= 15 is 0 Å². The summed E-state index contributed by atoms with van der Waals surface area (Å²) in [4.78, 5) is 15.9. The molecule has 0 aliphatic heterocycles. The number of benzene rings is 2. The van der Waals surface area contributed by atoms with Gasteiger partial charge in [-0.1, -0.05) is 18.2 Å². The van der Waals surface area contributed by atoms with Crippen molar-refractivity contribution in [1.29, 1.82) is 0 Å². The molecule has 0 aliphatic carbocycles. The Kier molecular flexibility index (Phi) is 6.24. The highest BCUT2D eigenvalue weighted by atomic mass is 16.5. The molecule has 166 valence electrons. The van der Waals surface area contributed by atoms with Gasteiger partial charge in [0.1, 0.15) is 11.5 Å². The molecular formula is C25H22N4O4. The molecular weight excluding hydrogens is 420 g/mol. The van der Waals surface area contributed by atoms with Crippen molar-refractivity contribution in [3.05, 3.63) is 89.0 Å².